The number of anilines is 1. The predicted octanol–water partition coefficient (Wildman–Crippen LogP) is 2.29. The van der Waals surface area contributed by atoms with Crippen molar-refractivity contribution in [1.29, 1.82) is 0 Å². The molecule has 1 aliphatic rings. The maximum Gasteiger partial charge on any atom is 0.255 e. The first-order chi connectivity index (χ1) is 13.7. The molecule has 9 heteroatoms. The van der Waals surface area contributed by atoms with E-state index < -0.39 is 0 Å². The van der Waals surface area contributed by atoms with Crippen LogP contribution >= 0.6 is 11.6 Å². The van der Waals surface area contributed by atoms with Crippen molar-refractivity contribution in [1.82, 2.24) is 24.6 Å². The monoisotopic (exact) mass is 398 g/mol. The molecule has 0 unspecified atom stereocenters. The molecule has 0 aliphatic carbocycles. The van der Waals surface area contributed by atoms with Gasteiger partial charge in [-0.15, -0.1) is 10.2 Å². The normalized spacial score (nSPS) is 14.2. The van der Waals surface area contributed by atoms with Crippen LogP contribution in [0.25, 0.3) is 5.82 Å². The van der Waals surface area contributed by atoms with E-state index in [2.05, 4.69) is 20.1 Å². The van der Waals surface area contributed by atoms with Gasteiger partial charge in [0.25, 0.3) is 5.91 Å². The summed E-state index contributed by atoms with van der Waals surface area (Å²) in [4.78, 5) is 21.2. The van der Waals surface area contributed by atoms with Gasteiger partial charge in [-0.1, -0.05) is 23.7 Å². The van der Waals surface area contributed by atoms with E-state index in [4.69, 9.17) is 16.3 Å². The molecule has 3 aromatic rings. The summed E-state index contributed by atoms with van der Waals surface area (Å²) in [6.45, 7) is 2.68. The molecule has 1 saturated heterocycles. The van der Waals surface area contributed by atoms with Gasteiger partial charge in [0.05, 0.1) is 23.4 Å². The number of nitrogens with zero attached hydrogens (tertiary/aromatic N) is 6. The van der Waals surface area contributed by atoms with Crippen molar-refractivity contribution in [2.24, 2.45) is 0 Å². The number of carbonyl (C=O) groups excluding carboxylic acids is 1. The second-order valence-corrected chi connectivity index (χ2v) is 6.76. The topological polar surface area (TPSA) is 76.4 Å². The molecule has 0 N–H and O–H groups in total. The molecule has 0 radical (unpaired) electrons. The van der Waals surface area contributed by atoms with Crippen molar-refractivity contribution >= 4 is 23.2 Å². The molecule has 2 aromatic heterocycles. The Labute approximate surface area is 167 Å². The number of benzene rings is 1. The van der Waals surface area contributed by atoms with E-state index in [0.717, 1.165) is 24.5 Å². The Hall–Kier alpha value is -3.13. The van der Waals surface area contributed by atoms with Crippen molar-refractivity contribution < 1.29 is 9.53 Å². The Kier molecular flexibility index (Phi) is 5.12. The first kappa shape index (κ1) is 18.2. The van der Waals surface area contributed by atoms with Gasteiger partial charge in [-0.3, -0.25) is 9.36 Å². The first-order valence-electron chi connectivity index (χ1n) is 8.85. The minimum atomic E-state index is -0.0793. The van der Waals surface area contributed by atoms with Gasteiger partial charge in [0.1, 0.15) is 18.4 Å². The molecule has 0 bridgehead atoms. The quantitative estimate of drug-likeness (QED) is 0.671. The molecular formula is C19H19ClN6O2. The Bertz CT molecular complexity index is 970. The number of aromatic nitrogens is 4. The van der Waals surface area contributed by atoms with Crippen molar-refractivity contribution in [3.63, 3.8) is 0 Å². The third-order valence-corrected chi connectivity index (χ3v) is 5.00. The first-order valence-corrected chi connectivity index (χ1v) is 9.23. The molecule has 0 saturated carbocycles. The highest BCUT2D eigenvalue weighted by Gasteiger charge is 2.24. The number of piperazine rings is 1. The number of hydrogen-bond donors (Lipinski definition) is 0. The number of halogens is 1. The fraction of sp³-hybridized carbons (Fsp3) is 0.263. The number of amides is 1. The smallest absolute Gasteiger partial charge is 0.255 e. The molecule has 0 atom stereocenters. The van der Waals surface area contributed by atoms with Crippen LogP contribution in [0.4, 0.5) is 5.69 Å². The van der Waals surface area contributed by atoms with E-state index >= 15 is 0 Å². The SMILES string of the molecule is COc1ccccc1N1CCN(C(=O)c2cnc(-n3cnnc3)c(Cl)c2)CC1. The van der Waals surface area contributed by atoms with E-state index in [-0.39, 0.29) is 5.91 Å². The van der Waals surface area contributed by atoms with Crippen LogP contribution < -0.4 is 9.64 Å². The molecule has 1 fully saturated rings. The maximum absolute atomic E-state index is 12.9. The van der Waals surface area contributed by atoms with Crippen LogP contribution in [0.3, 0.4) is 0 Å². The van der Waals surface area contributed by atoms with Crippen molar-refractivity contribution in [3.05, 3.63) is 59.8 Å². The fourth-order valence-corrected chi connectivity index (χ4v) is 3.54. The summed E-state index contributed by atoms with van der Waals surface area (Å²) in [5, 5.41) is 7.85. The van der Waals surface area contributed by atoms with Gasteiger partial charge in [-0.25, -0.2) is 4.98 Å². The summed E-state index contributed by atoms with van der Waals surface area (Å²) in [7, 11) is 1.67. The van der Waals surface area contributed by atoms with Gasteiger partial charge < -0.3 is 14.5 Å². The second kappa shape index (κ2) is 7.85. The number of carbonyl (C=O) groups is 1. The molecule has 144 valence electrons. The van der Waals surface area contributed by atoms with E-state index in [9.17, 15) is 4.79 Å². The summed E-state index contributed by atoms with van der Waals surface area (Å²) in [6.07, 6.45) is 4.55. The van der Waals surface area contributed by atoms with E-state index in [1.54, 1.807) is 17.7 Å². The number of pyridine rings is 1. The number of rotatable bonds is 4. The van der Waals surface area contributed by atoms with Crippen molar-refractivity contribution in [2.45, 2.75) is 0 Å². The van der Waals surface area contributed by atoms with Crippen LogP contribution in [0, 0.1) is 0 Å². The molecule has 1 aromatic carbocycles. The highest BCUT2D eigenvalue weighted by Crippen LogP contribution is 2.28. The summed E-state index contributed by atoms with van der Waals surface area (Å²) < 4.78 is 7.04. The Morgan fingerprint density at radius 1 is 1.11 bits per heavy atom. The average molecular weight is 399 g/mol. The van der Waals surface area contributed by atoms with Crippen molar-refractivity contribution in [3.8, 4) is 11.6 Å². The van der Waals surface area contributed by atoms with E-state index in [1.807, 2.05) is 29.2 Å². The van der Waals surface area contributed by atoms with Gasteiger partial charge >= 0.3 is 0 Å². The number of methoxy groups -OCH3 is 1. The molecule has 3 heterocycles. The highest BCUT2D eigenvalue weighted by molar-refractivity contribution is 6.32. The van der Waals surface area contributed by atoms with E-state index in [0.29, 0.717) is 29.5 Å². The van der Waals surface area contributed by atoms with Crippen LogP contribution in [0.5, 0.6) is 5.75 Å². The maximum atomic E-state index is 12.9. The van der Waals surface area contributed by atoms with Crippen LogP contribution in [0.15, 0.2) is 49.2 Å². The number of hydrogen-bond acceptors (Lipinski definition) is 6. The molecule has 1 aliphatic heterocycles. The summed E-state index contributed by atoms with van der Waals surface area (Å²) in [6, 6.07) is 9.54. The van der Waals surface area contributed by atoms with E-state index in [1.165, 1.54) is 18.9 Å². The van der Waals surface area contributed by atoms with Gasteiger partial charge in [0.15, 0.2) is 5.82 Å². The Morgan fingerprint density at radius 3 is 2.50 bits per heavy atom. The highest BCUT2D eigenvalue weighted by atomic mass is 35.5. The standard InChI is InChI=1S/C19H19ClN6O2/c1-28-17-5-3-2-4-16(17)24-6-8-25(9-7-24)19(27)14-10-15(20)18(21-11-14)26-12-22-23-13-26/h2-5,10-13H,6-9H2,1H3. The third kappa shape index (κ3) is 3.50. The van der Waals surface area contributed by atoms with Crippen molar-refractivity contribution in [2.75, 3.05) is 38.2 Å². The Morgan fingerprint density at radius 2 is 1.82 bits per heavy atom. The largest absolute Gasteiger partial charge is 0.495 e. The number of para-hydroxylation sites is 2. The molecule has 28 heavy (non-hydrogen) atoms. The lowest BCUT2D eigenvalue weighted by Crippen LogP contribution is -2.48. The molecule has 8 nitrogen and oxygen atoms in total. The molecule has 0 spiro atoms. The van der Waals surface area contributed by atoms with Gasteiger partial charge in [0, 0.05) is 32.4 Å². The van der Waals surface area contributed by atoms with Crippen LogP contribution in [0.2, 0.25) is 5.02 Å². The van der Waals surface area contributed by atoms with Crippen LogP contribution in [-0.4, -0.2) is 63.8 Å². The zero-order valence-electron chi connectivity index (χ0n) is 15.3. The minimum Gasteiger partial charge on any atom is -0.495 e. The Balaban J connectivity index is 1.45. The third-order valence-electron chi connectivity index (χ3n) is 4.72. The predicted molar refractivity (Wildman–Crippen MR) is 105 cm³/mol. The summed E-state index contributed by atoms with van der Waals surface area (Å²) in [5.74, 6) is 1.25. The van der Waals surface area contributed by atoms with Gasteiger partial charge in [-0.05, 0) is 18.2 Å². The molecular weight excluding hydrogens is 380 g/mol. The lowest BCUT2D eigenvalue weighted by Gasteiger charge is -2.36. The molecule has 1 amide bonds. The zero-order valence-corrected chi connectivity index (χ0v) is 16.1. The van der Waals surface area contributed by atoms with Gasteiger partial charge in [0.2, 0.25) is 0 Å². The second-order valence-electron chi connectivity index (χ2n) is 6.35. The van der Waals surface area contributed by atoms with Gasteiger partial charge in [-0.2, -0.15) is 0 Å². The lowest BCUT2D eigenvalue weighted by molar-refractivity contribution is 0.0746. The summed E-state index contributed by atoms with van der Waals surface area (Å²) in [5.41, 5.74) is 1.51. The zero-order chi connectivity index (χ0) is 19.5. The molecule has 4 rings (SSSR count). The minimum absolute atomic E-state index is 0.0793. The number of ether oxygens (including phenoxy) is 1. The van der Waals surface area contributed by atoms with Crippen LogP contribution in [0.1, 0.15) is 10.4 Å². The summed E-state index contributed by atoms with van der Waals surface area (Å²) >= 11 is 6.31. The lowest BCUT2D eigenvalue weighted by atomic mass is 10.2. The van der Waals surface area contributed by atoms with Crippen LogP contribution in [-0.2, 0) is 0 Å². The average Bonchev–Trinajstić information content (AvgIpc) is 3.28. The fourth-order valence-electron chi connectivity index (χ4n) is 3.27.